The number of ketones is 1. The molecular formula is C22H20N2O3. The third-order valence-electron chi connectivity index (χ3n) is 4.03. The van der Waals surface area contributed by atoms with Crippen molar-refractivity contribution in [1.29, 1.82) is 0 Å². The lowest BCUT2D eigenvalue weighted by Crippen LogP contribution is -2.31. The van der Waals surface area contributed by atoms with E-state index in [9.17, 15) is 9.59 Å². The summed E-state index contributed by atoms with van der Waals surface area (Å²) in [6.07, 6.45) is 1.69. The fourth-order valence-corrected chi connectivity index (χ4v) is 2.60. The van der Waals surface area contributed by atoms with Gasteiger partial charge in [0.2, 0.25) is 0 Å². The number of amides is 1. The number of hydrogen-bond donors (Lipinski definition) is 1. The number of benzene rings is 2. The molecule has 3 rings (SSSR count). The molecule has 0 aliphatic rings. The SMILES string of the molecule is CC(NC(=O)COc1ccc(C(=O)c2ccccc2)cc1)c1ccccn1. The predicted octanol–water partition coefficient (Wildman–Crippen LogP) is 3.57. The van der Waals surface area contributed by atoms with Crippen molar-refractivity contribution < 1.29 is 14.3 Å². The fraction of sp³-hybridized carbons (Fsp3) is 0.136. The van der Waals surface area contributed by atoms with Crippen LogP contribution in [0.5, 0.6) is 5.75 Å². The number of carbonyl (C=O) groups excluding carboxylic acids is 2. The molecule has 1 unspecified atom stereocenters. The summed E-state index contributed by atoms with van der Waals surface area (Å²) >= 11 is 0. The molecule has 0 bridgehead atoms. The highest BCUT2D eigenvalue weighted by molar-refractivity contribution is 6.08. The topological polar surface area (TPSA) is 68.3 Å². The van der Waals surface area contributed by atoms with Crippen LogP contribution in [0.25, 0.3) is 0 Å². The fourth-order valence-electron chi connectivity index (χ4n) is 2.60. The van der Waals surface area contributed by atoms with Gasteiger partial charge in [-0.2, -0.15) is 0 Å². The summed E-state index contributed by atoms with van der Waals surface area (Å²) in [5.74, 6) is 0.238. The van der Waals surface area contributed by atoms with Gasteiger partial charge in [0.1, 0.15) is 5.75 Å². The van der Waals surface area contributed by atoms with Crippen molar-refractivity contribution in [1.82, 2.24) is 10.3 Å². The minimum atomic E-state index is -0.238. The van der Waals surface area contributed by atoms with Crippen molar-refractivity contribution in [2.24, 2.45) is 0 Å². The monoisotopic (exact) mass is 360 g/mol. The number of ether oxygens (including phenoxy) is 1. The Morgan fingerprint density at radius 2 is 1.59 bits per heavy atom. The van der Waals surface area contributed by atoms with Gasteiger partial charge < -0.3 is 10.1 Å². The van der Waals surface area contributed by atoms with Crippen LogP contribution in [0.15, 0.2) is 79.0 Å². The van der Waals surface area contributed by atoms with Crippen molar-refractivity contribution in [3.8, 4) is 5.75 Å². The van der Waals surface area contributed by atoms with Crippen molar-refractivity contribution >= 4 is 11.7 Å². The Balaban J connectivity index is 1.53. The molecule has 3 aromatic rings. The van der Waals surface area contributed by atoms with Crippen LogP contribution in [0.1, 0.15) is 34.6 Å². The largest absolute Gasteiger partial charge is 0.484 e. The van der Waals surface area contributed by atoms with E-state index in [2.05, 4.69) is 10.3 Å². The molecule has 136 valence electrons. The summed E-state index contributed by atoms with van der Waals surface area (Å²) < 4.78 is 5.50. The van der Waals surface area contributed by atoms with E-state index in [1.165, 1.54) is 0 Å². The van der Waals surface area contributed by atoms with E-state index in [4.69, 9.17) is 4.74 Å². The highest BCUT2D eigenvalue weighted by atomic mass is 16.5. The number of nitrogens with one attached hydrogen (secondary N) is 1. The molecular weight excluding hydrogens is 340 g/mol. The van der Waals surface area contributed by atoms with E-state index in [0.29, 0.717) is 16.9 Å². The number of nitrogens with zero attached hydrogens (tertiary/aromatic N) is 1. The Hall–Kier alpha value is -3.47. The van der Waals surface area contributed by atoms with E-state index in [-0.39, 0.29) is 24.3 Å². The Bertz CT molecular complexity index is 894. The van der Waals surface area contributed by atoms with Gasteiger partial charge in [0, 0.05) is 17.3 Å². The molecule has 2 aromatic carbocycles. The van der Waals surface area contributed by atoms with Gasteiger partial charge in [-0.25, -0.2) is 0 Å². The second-order valence-corrected chi connectivity index (χ2v) is 6.05. The Labute approximate surface area is 158 Å². The first-order valence-corrected chi connectivity index (χ1v) is 8.66. The normalized spacial score (nSPS) is 11.4. The standard InChI is InChI=1S/C22H20N2O3/c1-16(20-9-5-6-14-23-20)24-21(25)15-27-19-12-10-18(11-13-19)22(26)17-7-3-2-4-8-17/h2-14,16H,15H2,1H3,(H,24,25). The molecule has 1 atom stereocenters. The molecule has 1 heterocycles. The number of pyridine rings is 1. The van der Waals surface area contributed by atoms with Crippen LogP contribution in [0.4, 0.5) is 0 Å². The summed E-state index contributed by atoms with van der Waals surface area (Å²) in [6.45, 7) is 1.76. The van der Waals surface area contributed by atoms with Crippen LogP contribution in [0.3, 0.4) is 0 Å². The molecule has 0 spiro atoms. The molecule has 27 heavy (non-hydrogen) atoms. The van der Waals surface area contributed by atoms with Crippen LogP contribution < -0.4 is 10.1 Å². The minimum absolute atomic E-state index is 0.0518. The molecule has 1 aromatic heterocycles. The van der Waals surface area contributed by atoms with Crippen molar-refractivity contribution in [2.45, 2.75) is 13.0 Å². The highest BCUT2D eigenvalue weighted by Gasteiger charge is 2.12. The lowest BCUT2D eigenvalue weighted by atomic mass is 10.0. The molecule has 0 saturated heterocycles. The number of hydrogen-bond acceptors (Lipinski definition) is 4. The molecule has 0 radical (unpaired) electrons. The van der Waals surface area contributed by atoms with Crippen LogP contribution in [0.2, 0.25) is 0 Å². The molecule has 0 saturated carbocycles. The third-order valence-corrected chi connectivity index (χ3v) is 4.03. The maximum atomic E-state index is 12.4. The second kappa shape index (κ2) is 8.76. The number of aromatic nitrogens is 1. The average Bonchev–Trinajstić information content (AvgIpc) is 2.73. The van der Waals surface area contributed by atoms with Crippen LogP contribution in [0, 0.1) is 0 Å². The van der Waals surface area contributed by atoms with Gasteiger partial charge in [-0.3, -0.25) is 14.6 Å². The van der Waals surface area contributed by atoms with E-state index in [1.807, 2.05) is 43.3 Å². The lowest BCUT2D eigenvalue weighted by Gasteiger charge is -2.13. The summed E-state index contributed by atoms with van der Waals surface area (Å²) in [6, 6.07) is 21.2. The predicted molar refractivity (Wildman–Crippen MR) is 103 cm³/mol. The molecule has 0 aliphatic carbocycles. The first kappa shape index (κ1) is 18.3. The van der Waals surface area contributed by atoms with E-state index < -0.39 is 0 Å². The average molecular weight is 360 g/mol. The minimum Gasteiger partial charge on any atom is -0.484 e. The molecule has 1 amide bonds. The number of carbonyl (C=O) groups is 2. The molecule has 5 heteroatoms. The van der Waals surface area contributed by atoms with E-state index in [0.717, 1.165) is 5.69 Å². The molecule has 0 aliphatic heterocycles. The van der Waals surface area contributed by atoms with E-state index >= 15 is 0 Å². The van der Waals surface area contributed by atoms with Crippen LogP contribution in [-0.2, 0) is 4.79 Å². The lowest BCUT2D eigenvalue weighted by molar-refractivity contribution is -0.123. The van der Waals surface area contributed by atoms with Gasteiger partial charge in [-0.15, -0.1) is 0 Å². The van der Waals surface area contributed by atoms with Crippen molar-refractivity contribution in [2.75, 3.05) is 6.61 Å². The van der Waals surface area contributed by atoms with Crippen molar-refractivity contribution in [3.05, 3.63) is 95.8 Å². The van der Waals surface area contributed by atoms with Gasteiger partial charge in [-0.1, -0.05) is 36.4 Å². The quantitative estimate of drug-likeness (QED) is 0.654. The first-order chi connectivity index (χ1) is 13.1. The Morgan fingerprint density at radius 1 is 0.926 bits per heavy atom. The van der Waals surface area contributed by atoms with Gasteiger partial charge in [-0.05, 0) is 43.3 Å². The Morgan fingerprint density at radius 3 is 2.26 bits per heavy atom. The maximum Gasteiger partial charge on any atom is 0.258 e. The highest BCUT2D eigenvalue weighted by Crippen LogP contribution is 2.15. The van der Waals surface area contributed by atoms with Gasteiger partial charge in [0.05, 0.1) is 11.7 Å². The van der Waals surface area contributed by atoms with Gasteiger partial charge in [0.25, 0.3) is 5.91 Å². The van der Waals surface area contributed by atoms with Gasteiger partial charge in [0.15, 0.2) is 12.4 Å². The summed E-state index contributed by atoms with van der Waals surface area (Å²) in [5.41, 5.74) is 1.99. The zero-order valence-electron chi connectivity index (χ0n) is 15.0. The second-order valence-electron chi connectivity index (χ2n) is 6.05. The third kappa shape index (κ3) is 5.01. The molecule has 1 N–H and O–H groups in total. The first-order valence-electron chi connectivity index (χ1n) is 8.66. The zero-order chi connectivity index (χ0) is 19.1. The molecule has 5 nitrogen and oxygen atoms in total. The Kier molecular flexibility index (Phi) is 5.94. The molecule has 0 fully saturated rings. The van der Waals surface area contributed by atoms with Gasteiger partial charge >= 0.3 is 0 Å². The zero-order valence-corrected chi connectivity index (χ0v) is 15.0. The summed E-state index contributed by atoms with van der Waals surface area (Å²) in [5, 5.41) is 2.84. The van der Waals surface area contributed by atoms with Crippen molar-refractivity contribution in [3.63, 3.8) is 0 Å². The number of rotatable bonds is 7. The summed E-state index contributed by atoms with van der Waals surface area (Å²) in [4.78, 5) is 28.6. The van der Waals surface area contributed by atoms with Crippen LogP contribution in [-0.4, -0.2) is 23.3 Å². The summed E-state index contributed by atoms with van der Waals surface area (Å²) in [7, 11) is 0. The van der Waals surface area contributed by atoms with E-state index in [1.54, 1.807) is 42.6 Å². The maximum absolute atomic E-state index is 12.4. The van der Waals surface area contributed by atoms with Crippen LogP contribution >= 0.6 is 0 Å². The smallest absolute Gasteiger partial charge is 0.258 e.